The number of ether oxygens (including phenoxy) is 1. The molecule has 1 amide bonds. The first-order valence-electron chi connectivity index (χ1n) is 7.14. The number of para-hydroxylation sites is 1. The average Bonchev–Trinajstić information content (AvgIpc) is 2.55. The standard InChI is InChI=1S/C17H13ClFN3O2/c1-10-20-14-5-3-2-4-12(14)17(21-10)24-9-16(23)22-15-7-6-11(18)8-13(15)19/h2-8H,9H2,1H3,(H,22,23). The van der Waals surface area contributed by atoms with Crippen molar-refractivity contribution in [3.05, 3.63) is 59.1 Å². The van der Waals surface area contributed by atoms with Gasteiger partial charge in [-0.25, -0.2) is 9.37 Å². The third-order valence-electron chi connectivity index (χ3n) is 3.23. The second-order valence-electron chi connectivity index (χ2n) is 5.05. The lowest BCUT2D eigenvalue weighted by Gasteiger charge is -2.10. The first-order chi connectivity index (χ1) is 11.5. The molecule has 0 saturated heterocycles. The number of hydrogen-bond acceptors (Lipinski definition) is 4. The Balaban J connectivity index is 1.73. The molecule has 2 aromatic carbocycles. The number of aryl methyl sites for hydroxylation is 1. The summed E-state index contributed by atoms with van der Waals surface area (Å²) in [6, 6.07) is 11.3. The largest absolute Gasteiger partial charge is 0.467 e. The van der Waals surface area contributed by atoms with Gasteiger partial charge in [0.25, 0.3) is 5.91 Å². The molecule has 7 heteroatoms. The topological polar surface area (TPSA) is 64.1 Å². The van der Waals surface area contributed by atoms with Crippen LogP contribution in [0.4, 0.5) is 10.1 Å². The number of hydrogen-bond donors (Lipinski definition) is 1. The molecule has 0 aliphatic carbocycles. The lowest BCUT2D eigenvalue weighted by Crippen LogP contribution is -2.21. The molecule has 0 saturated carbocycles. The molecule has 0 atom stereocenters. The summed E-state index contributed by atoms with van der Waals surface area (Å²) in [4.78, 5) is 20.5. The fourth-order valence-corrected chi connectivity index (χ4v) is 2.34. The minimum absolute atomic E-state index is 0.0386. The highest BCUT2D eigenvalue weighted by Crippen LogP contribution is 2.22. The smallest absolute Gasteiger partial charge is 0.262 e. The molecule has 1 aromatic heterocycles. The molecule has 0 bridgehead atoms. The molecule has 0 aliphatic rings. The van der Waals surface area contributed by atoms with Gasteiger partial charge in [-0.2, -0.15) is 4.98 Å². The Morgan fingerprint density at radius 2 is 2.04 bits per heavy atom. The van der Waals surface area contributed by atoms with Crippen LogP contribution in [0.25, 0.3) is 10.9 Å². The Morgan fingerprint density at radius 3 is 2.83 bits per heavy atom. The summed E-state index contributed by atoms with van der Waals surface area (Å²) in [5.74, 6) is -0.270. The van der Waals surface area contributed by atoms with Gasteiger partial charge in [-0.3, -0.25) is 4.79 Å². The first kappa shape index (κ1) is 16.1. The molecule has 1 heterocycles. The summed E-state index contributed by atoms with van der Waals surface area (Å²) < 4.78 is 19.2. The SMILES string of the molecule is Cc1nc(OCC(=O)Nc2ccc(Cl)cc2F)c2ccccc2n1. The Bertz CT molecular complexity index is 917. The number of aromatic nitrogens is 2. The van der Waals surface area contributed by atoms with E-state index in [2.05, 4.69) is 15.3 Å². The minimum Gasteiger partial charge on any atom is -0.467 e. The van der Waals surface area contributed by atoms with E-state index in [1.807, 2.05) is 18.2 Å². The maximum absolute atomic E-state index is 13.7. The van der Waals surface area contributed by atoms with E-state index in [0.717, 1.165) is 11.6 Å². The van der Waals surface area contributed by atoms with Crippen LogP contribution < -0.4 is 10.1 Å². The fourth-order valence-electron chi connectivity index (χ4n) is 2.18. The molecule has 0 aliphatic heterocycles. The first-order valence-corrected chi connectivity index (χ1v) is 7.52. The van der Waals surface area contributed by atoms with E-state index in [0.29, 0.717) is 17.1 Å². The van der Waals surface area contributed by atoms with Gasteiger partial charge in [-0.1, -0.05) is 23.7 Å². The molecule has 3 rings (SSSR count). The second-order valence-corrected chi connectivity index (χ2v) is 5.49. The van der Waals surface area contributed by atoms with Crippen LogP contribution in [-0.2, 0) is 4.79 Å². The number of carbonyl (C=O) groups excluding carboxylic acids is 1. The molecule has 0 fully saturated rings. The van der Waals surface area contributed by atoms with Crippen molar-refractivity contribution in [2.75, 3.05) is 11.9 Å². The minimum atomic E-state index is -0.612. The van der Waals surface area contributed by atoms with E-state index < -0.39 is 11.7 Å². The summed E-state index contributed by atoms with van der Waals surface area (Å²) in [6.07, 6.45) is 0. The van der Waals surface area contributed by atoms with Crippen LogP contribution in [0.5, 0.6) is 5.88 Å². The van der Waals surface area contributed by atoms with E-state index in [4.69, 9.17) is 16.3 Å². The number of nitrogens with one attached hydrogen (secondary N) is 1. The van der Waals surface area contributed by atoms with E-state index in [1.165, 1.54) is 12.1 Å². The van der Waals surface area contributed by atoms with Gasteiger partial charge in [-0.05, 0) is 37.3 Å². The monoisotopic (exact) mass is 345 g/mol. The molecule has 5 nitrogen and oxygen atoms in total. The van der Waals surface area contributed by atoms with Crippen LogP contribution in [0.2, 0.25) is 5.02 Å². The van der Waals surface area contributed by atoms with Crippen molar-refractivity contribution in [3.63, 3.8) is 0 Å². The highest BCUT2D eigenvalue weighted by Gasteiger charge is 2.11. The summed E-state index contributed by atoms with van der Waals surface area (Å²) in [6.45, 7) is 1.44. The van der Waals surface area contributed by atoms with E-state index in [9.17, 15) is 9.18 Å². The van der Waals surface area contributed by atoms with Gasteiger partial charge in [0.2, 0.25) is 5.88 Å². The third-order valence-corrected chi connectivity index (χ3v) is 3.46. The van der Waals surface area contributed by atoms with Crippen LogP contribution in [0.15, 0.2) is 42.5 Å². The Morgan fingerprint density at radius 1 is 1.25 bits per heavy atom. The zero-order valence-corrected chi connectivity index (χ0v) is 13.5. The highest BCUT2D eigenvalue weighted by molar-refractivity contribution is 6.30. The predicted molar refractivity (Wildman–Crippen MR) is 89.8 cm³/mol. The quantitative estimate of drug-likeness (QED) is 0.782. The molecule has 1 N–H and O–H groups in total. The highest BCUT2D eigenvalue weighted by atomic mass is 35.5. The summed E-state index contributed by atoms with van der Waals surface area (Å²) >= 11 is 5.67. The van der Waals surface area contributed by atoms with Crippen molar-refractivity contribution in [3.8, 4) is 5.88 Å². The molecule has 3 aromatic rings. The number of benzene rings is 2. The Labute approximate surface area is 142 Å². The molecule has 24 heavy (non-hydrogen) atoms. The maximum Gasteiger partial charge on any atom is 0.262 e. The molecule has 122 valence electrons. The van der Waals surface area contributed by atoms with Crippen molar-refractivity contribution in [2.24, 2.45) is 0 Å². The lowest BCUT2D eigenvalue weighted by molar-refractivity contribution is -0.118. The molecular formula is C17H13ClFN3O2. The zero-order chi connectivity index (χ0) is 17.1. The van der Waals surface area contributed by atoms with Crippen LogP contribution in [0.1, 0.15) is 5.82 Å². The number of amides is 1. The van der Waals surface area contributed by atoms with Crippen LogP contribution in [-0.4, -0.2) is 22.5 Å². The van der Waals surface area contributed by atoms with E-state index in [-0.39, 0.29) is 17.3 Å². The fraction of sp³-hybridized carbons (Fsp3) is 0.118. The predicted octanol–water partition coefficient (Wildman–Crippen LogP) is 3.75. The maximum atomic E-state index is 13.7. The summed E-state index contributed by atoms with van der Waals surface area (Å²) in [5.41, 5.74) is 0.765. The Kier molecular flexibility index (Phi) is 4.57. The average molecular weight is 346 g/mol. The third kappa shape index (κ3) is 3.60. The summed E-state index contributed by atoms with van der Waals surface area (Å²) in [5, 5.41) is 3.39. The van der Waals surface area contributed by atoms with Crippen molar-refractivity contribution in [1.82, 2.24) is 9.97 Å². The van der Waals surface area contributed by atoms with Gasteiger partial charge in [0.15, 0.2) is 6.61 Å². The number of halogens is 2. The molecule has 0 unspecified atom stereocenters. The van der Waals surface area contributed by atoms with Crippen LogP contribution >= 0.6 is 11.6 Å². The summed E-state index contributed by atoms with van der Waals surface area (Å²) in [7, 11) is 0. The van der Waals surface area contributed by atoms with Crippen molar-refractivity contribution < 1.29 is 13.9 Å². The molecular weight excluding hydrogens is 333 g/mol. The van der Waals surface area contributed by atoms with Crippen molar-refractivity contribution in [2.45, 2.75) is 6.92 Å². The van der Waals surface area contributed by atoms with Gasteiger partial charge in [0.1, 0.15) is 11.6 Å². The van der Waals surface area contributed by atoms with E-state index >= 15 is 0 Å². The van der Waals surface area contributed by atoms with Gasteiger partial charge < -0.3 is 10.1 Å². The number of nitrogens with zero attached hydrogens (tertiary/aromatic N) is 2. The van der Waals surface area contributed by atoms with Gasteiger partial charge >= 0.3 is 0 Å². The van der Waals surface area contributed by atoms with E-state index in [1.54, 1.807) is 13.0 Å². The molecule has 0 radical (unpaired) electrons. The van der Waals surface area contributed by atoms with Gasteiger partial charge in [0.05, 0.1) is 16.6 Å². The van der Waals surface area contributed by atoms with Gasteiger partial charge in [0, 0.05) is 5.02 Å². The van der Waals surface area contributed by atoms with Crippen LogP contribution in [0.3, 0.4) is 0 Å². The normalized spacial score (nSPS) is 10.6. The number of rotatable bonds is 4. The van der Waals surface area contributed by atoms with Crippen LogP contribution in [0, 0.1) is 12.7 Å². The number of carbonyl (C=O) groups is 1. The van der Waals surface area contributed by atoms with Gasteiger partial charge in [-0.15, -0.1) is 0 Å². The van der Waals surface area contributed by atoms with Crippen molar-refractivity contribution >= 4 is 34.1 Å². The molecule has 0 spiro atoms. The van der Waals surface area contributed by atoms with Crippen molar-refractivity contribution in [1.29, 1.82) is 0 Å². The lowest BCUT2D eigenvalue weighted by atomic mass is 10.2. The number of fused-ring (bicyclic) bond motifs is 1. The Hall–Kier alpha value is -2.73. The number of anilines is 1. The zero-order valence-electron chi connectivity index (χ0n) is 12.7. The second kappa shape index (κ2) is 6.80.